The second-order valence-electron chi connectivity index (χ2n) is 5.66. The molecule has 0 spiro atoms. The molecular weight excluding hydrogens is 306 g/mol. The maximum Gasteiger partial charge on any atom is 0.265 e. The van der Waals surface area contributed by atoms with Gasteiger partial charge in [0.1, 0.15) is 12.3 Å². The molecule has 24 heavy (non-hydrogen) atoms. The number of pyridine rings is 1. The van der Waals surface area contributed by atoms with Gasteiger partial charge in [-0.25, -0.2) is 0 Å². The maximum atomic E-state index is 12.2. The molecule has 0 radical (unpaired) electrons. The van der Waals surface area contributed by atoms with Crippen molar-refractivity contribution >= 4 is 17.5 Å². The molecule has 6 heteroatoms. The van der Waals surface area contributed by atoms with E-state index in [-0.39, 0.29) is 25.0 Å². The van der Waals surface area contributed by atoms with Crippen LogP contribution in [-0.4, -0.2) is 36.5 Å². The first-order valence-corrected chi connectivity index (χ1v) is 7.84. The first kappa shape index (κ1) is 16.0. The van der Waals surface area contributed by atoms with Crippen molar-refractivity contribution in [3.63, 3.8) is 0 Å². The molecule has 0 aliphatic carbocycles. The standard InChI is InChI=1S/C18H19N3O3/c1-13-5-6-16-15(10-13)21(18(23)12-24-16)11-17(22)20-9-7-14-4-2-3-8-19-14/h2-6,8,10H,7,9,11-12H2,1H3,(H,20,22). The smallest absolute Gasteiger partial charge is 0.265 e. The number of rotatable bonds is 5. The van der Waals surface area contributed by atoms with Crippen molar-refractivity contribution in [3.05, 3.63) is 53.9 Å². The Balaban J connectivity index is 1.60. The normalized spacial score (nSPS) is 13.2. The predicted octanol–water partition coefficient (Wildman–Crippen LogP) is 1.47. The summed E-state index contributed by atoms with van der Waals surface area (Å²) in [7, 11) is 0. The highest BCUT2D eigenvalue weighted by molar-refractivity contribution is 6.02. The molecule has 0 atom stereocenters. The molecule has 0 bridgehead atoms. The summed E-state index contributed by atoms with van der Waals surface area (Å²) in [5.74, 6) is 0.211. The number of fused-ring (bicyclic) bond motifs is 1. The highest BCUT2D eigenvalue weighted by atomic mass is 16.5. The zero-order valence-electron chi connectivity index (χ0n) is 13.5. The van der Waals surface area contributed by atoms with Gasteiger partial charge in [0.05, 0.1) is 5.69 Å². The Morgan fingerprint density at radius 2 is 2.21 bits per heavy atom. The second-order valence-corrected chi connectivity index (χ2v) is 5.66. The highest BCUT2D eigenvalue weighted by Gasteiger charge is 2.27. The van der Waals surface area contributed by atoms with E-state index in [1.54, 1.807) is 6.20 Å². The minimum Gasteiger partial charge on any atom is -0.482 e. The molecule has 6 nitrogen and oxygen atoms in total. The van der Waals surface area contributed by atoms with Gasteiger partial charge in [0.25, 0.3) is 5.91 Å². The Bertz CT molecular complexity index is 746. The van der Waals surface area contributed by atoms with Crippen LogP contribution in [0.3, 0.4) is 0 Å². The number of amides is 2. The van der Waals surface area contributed by atoms with Crippen molar-refractivity contribution < 1.29 is 14.3 Å². The SMILES string of the molecule is Cc1ccc2c(c1)N(CC(=O)NCCc1ccccn1)C(=O)CO2. The molecule has 0 saturated carbocycles. The van der Waals surface area contributed by atoms with Crippen LogP contribution >= 0.6 is 0 Å². The molecule has 3 rings (SSSR count). The van der Waals surface area contributed by atoms with Crippen LogP contribution in [0.4, 0.5) is 5.69 Å². The third-order valence-electron chi connectivity index (χ3n) is 3.79. The van der Waals surface area contributed by atoms with Crippen LogP contribution in [0, 0.1) is 6.92 Å². The van der Waals surface area contributed by atoms with E-state index in [2.05, 4.69) is 10.3 Å². The monoisotopic (exact) mass is 325 g/mol. The molecule has 2 heterocycles. The molecule has 1 aliphatic rings. The summed E-state index contributed by atoms with van der Waals surface area (Å²) >= 11 is 0. The number of carbonyl (C=O) groups excluding carboxylic acids is 2. The molecule has 1 aromatic carbocycles. The van der Waals surface area contributed by atoms with Gasteiger partial charge in [-0.05, 0) is 36.8 Å². The number of nitrogens with one attached hydrogen (secondary N) is 1. The van der Waals surface area contributed by atoms with E-state index in [4.69, 9.17) is 4.74 Å². The third-order valence-corrected chi connectivity index (χ3v) is 3.79. The maximum absolute atomic E-state index is 12.2. The molecule has 124 valence electrons. The van der Waals surface area contributed by atoms with Gasteiger partial charge in [0.15, 0.2) is 6.61 Å². The van der Waals surface area contributed by atoms with Gasteiger partial charge < -0.3 is 10.1 Å². The summed E-state index contributed by atoms with van der Waals surface area (Å²) in [5.41, 5.74) is 2.57. The van der Waals surface area contributed by atoms with Gasteiger partial charge in [-0.1, -0.05) is 12.1 Å². The predicted molar refractivity (Wildman–Crippen MR) is 90.0 cm³/mol. The molecule has 1 N–H and O–H groups in total. The number of ether oxygens (including phenoxy) is 1. The largest absolute Gasteiger partial charge is 0.482 e. The van der Waals surface area contributed by atoms with Crippen molar-refractivity contribution in [2.45, 2.75) is 13.3 Å². The zero-order chi connectivity index (χ0) is 16.9. The van der Waals surface area contributed by atoms with Gasteiger partial charge in [-0.3, -0.25) is 19.5 Å². The van der Waals surface area contributed by atoms with Crippen molar-refractivity contribution in [2.75, 3.05) is 24.6 Å². The van der Waals surface area contributed by atoms with Crippen LogP contribution in [0.1, 0.15) is 11.3 Å². The lowest BCUT2D eigenvalue weighted by atomic mass is 10.1. The average Bonchev–Trinajstić information content (AvgIpc) is 2.58. The van der Waals surface area contributed by atoms with Crippen molar-refractivity contribution in [2.24, 2.45) is 0 Å². The minimum absolute atomic E-state index is 0.0130. The number of carbonyl (C=O) groups is 2. The highest BCUT2D eigenvalue weighted by Crippen LogP contribution is 2.32. The quantitative estimate of drug-likeness (QED) is 0.904. The van der Waals surface area contributed by atoms with Gasteiger partial charge in [0, 0.05) is 24.9 Å². The van der Waals surface area contributed by atoms with E-state index in [9.17, 15) is 9.59 Å². The van der Waals surface area contributed by atoms with E-state index in [0.29, 0.717) is 24.4 Å². The number of benzene rings is 1. The van der Waals surface area contributed by atoms with Crippen LogP contribution < -0.4 is 15.0 Å². The number of aromatic nitrogens is 1. The first-order valence-electron chi connectivity index (χ1n) is 7.84. The topological polar surface area (TPSA) is 71.5 Å². The lowest BCUT2D eigenvalue weighted by Crippen LogP contribution is -2.45. The number of aryl methyl sites for hydroxylation is 1. The van der Waals surface area contributed by atoms with Crippen LogP contribution in [-0.2, 0) is 16.0 Å². The Morgan fingerprint density at radius 1 is 1.33 bits per heavy atom. The lowest BCUT2D eigenvalue weighted by molar-refractivity contribution is -0.125. The molecule has 0 fully saturated rings. The van der Waals surface area contributed by atoms with E-state index in [0.717, 1.165) is 11.3 Å². The van der Waals surface area contributed by atoms with Crippen LogP contribution in [0.2, 0.25) is 0 Å². The van der Waals surface area contributed by atoms with Gasteiger partial charge >= 0.3 is 0 Å². The lowest BCUT2D eigenvalue weighted by Gasteiger charge is -2.29. The summed E-state index contributed by atoms with van der Waals surface area (Å²) in [5, 5.41) is 2.83. The van der Waals surface area contributed by atoms with Crippen LogP contribution in [0.5, 0.6) is 5.75 Å². The van der Waals surface area contributed by atoms with E-state index >= 15 is 0 Å². The molecule has 1 aliphatic heterocycles. The number of hydrogen-bond donors (Lipinski definition) is 1. The fourth-order valence-electron chi connectivity index (χ4n) is 2.56. The fourth-order valence-corrected chi connectivity index (χ4v) is 2.56. The van der Waals surface area contributed by atoms with Crippen molar-refractivity contribution in [3.8, 4) is 5.75 Å². The summed E-state index contributed by atoms with van der Waals surface area (Å²) in [4.78, 5) is 30.0. The Kier molecular flexibility index (Phi) is 4.74. The van der Waals surface area contributed by atoms with Crippen molar-refractivity contribution in [1.29, 1.82) is 0 Å². The third kappa shape index (κ3) is 3.71. The van der Waals surface area contributed by atoms with E-state index < -0.39 is 0 Å². The Morgan fingerprint density at radius 3 is 3.00 bits per heavy atom. The second kappa shape index (κ2) is 7.12. The molecule has 2 aromatic rings. The molecular formula is C18H19N3O3. The van der Waals surface area contributed by atoms with Gasteiger partial charge in [0.2, 0.25) is 5.91 Å². The number of anilines is 1. The Hall–Kier alpha value is -2.89. The first-order chi connectivity index (χ1) is 11.6. The number of hydrogen-bond acceptors (Lipinski definition) is 4. The van der Waals surface area contributed by atoms with E-state index in [1.165, 1.54) is 4.90 Å². The van der Waals surface area contributed by atoms with E-state index in [1.807, 2.05) is 43.3 Å². The molecule has 0 saturated heterocycles. The minimum atomic E-state index is -0.215. The van der Waals surface area contributed by atoms with Crippen LogP contribution in [0.25, 0.3) is 0 Å². The zero-order valence-corrected chi connectivity index (χ0v) is 13.5. The summed E-state index contributed by atoms with van der Waals surface area (Å²) in [6.07, 6.45) is 2.38. The summed E-state index contributed by atoms with van der Waals surface area (Å²) in [6, 6.07) is 11.3. The summed E-state index contributed by atoms with van der Waals surface area (Å²) in [6.45, 7) is 2.36. The van der Waals surface area contributed by atoms with Gasteiger partial charge in [-0.2, -0.15) is 0 Å². The van der Waals surface area contributed by atoms with Crippen molar-refractivity contribution in [1.82, 2.24) is 10.3 Å². The molecule has 0 unspecified atom stereocenters. The van der Waals surface area contributed by atoms with Gasteiger partial charge in [-0.15, -0.1) is 0 Å². The molecule has 1 aromatic heterocycles. The number of nitrogens with zero attached hydrogens (tertiary/aromatic N) is 2. The average molecular weight is 325 g/mol. The van der Waals surface area contributed by atoms with Crippen LogP contribution in [0.15, 0.2) is 42.6 Å². The molecule has 2 amide bonds. The summed E-state index contributed by atoms with van der Waals surface area (Å²) < 4.78 is 5.41. The Labute approximate surface area is 140 Å². The fraction of sp³-hybridized carbons (Fsp3) is 0.278.